The lowest BCUT2D eigenvalue weighted by molar-refractivity contribution is -0.121. The number of rotatable bonds is 51. The Bertz CT molecular complexity index is 3140. The minimum Gasteiger partial charge on any atom is -0.493 e. The summed E-state index contributed by atoms with van der Waals surface area (Å²) in [4.78, 5) is 114. The molecule has 0 saturated carbocycles. The summed E-state index contributed by atoms with van der Waals surface area (Å²) in [5.74, 6) is -2.11. The van der Waals surface area contributed by atoms with Crippen molar-refractivity contribution in [2.75, 3.05) is 39.5 Å². The molecule has 4 rings (SSSR count). The average molecular weight is 1340 g/mol. The van der Waals surface area contributed by atoms with Crippen LogP contribution in [0.2, 0.25) is 0 Å². The first-order valence-corrected chi connectivity index (χ1v) is 35.9. The number of amides is 4. The van der Waals surface area contributed by atoms with Crippen LogP contribution in [0, 0.1) is 23.7 Å². The van der Waals surface area contributed by atoms with Crippen molar-refractivity contribution in [3.05, 3.63) is 117 Å². The fourth-order valence-corrected chi connectivity index (χ4v) is 11.5. The number of primary amides is 1. The van der Waals surface area contributed by atoms with E-state index in [4.69, 9.17) is 41.9 Å². The van der Waals surface area contributed by atoms with E-state index in [0.717, 1.165) is 77.0 Å². The minimum absolute atomic E-state index is 0.00722. The molecule has 11 N–H and O–H groups in total. The molecule has 0 saturated heterocycles. The Morgan fingerprint density at radius 3 is 0.897 bits per heavy atom. The van der Waals surface area contributed by atoms with E-state index >= 15 is 0 Å². The molecular weight excluding hydrogens is 1230 g/mol. The molecule has 4 atom stereocenters. The predicted molar refractivity (Wildman–Crippen MR) is 385 cm³/mol. The molecule has 0 unspecified atom stereocenters. The van der Waals surface area contributed by atoms with Gasteiger partial charge in [-0.15, -0.1) is 0 Å². The highest BCUT2D eigenvalue weighted by atomic mass is 16.5. The second-order valence-corrected chi connectivity index (χ2v) is 27.7. The van der Waals surface area contributed by atoms with Gasteiger partial charge in [-0.25, -0.2) is 0 Å². The number of benzene rings is 4. The quantitative estimate of drug-likeness (QED) is 0.0202. The second kappa shape index (κ2) is 44.4. The topological polar surface area (TPSA) is 314 Å². The van der Waals surface area contributed by atoms with Gasteiger partial charge in [-0.05, 0) is 185 Å². The van der Waals surface area contributed by atoms with Crippen LogP contribution in [0.25, 0.3) is 0 Å². The Morgan fingerprint density at radius 2 is 0.629 bits per heavy atom. The van der Waals surface area contributed by atoms with Crippen molar-refractivity contribution >= 4 is 46.8 Å². The monoisotopic (exact) mass is 1340 g/mol. The van der Waals surface area contributed by atoms with Gasteiger partial charge in [0.25, 0.3) is 23.6 Å². The third-order valence-electron chi connectivity index (χ3n) is 16.8. The van der Waals surface area contributed by atoms with Crippen molar-refractivity contribution in [2.45, 2.75) is 235 Å². The standard InChI is InChI=1S/C78H117N7O12/c1-11-13-15-21-35-94-71-29-25-55(43-59(71)75(82)90)48-68(87)64(40-52(5)6)83-78(93)62-46-58(28-32-74(62)97-38-24-18-20-34-80)50-70(89)66(42-54(9)10)85-77(92)61-45-57(27-31-73(61)95-36-22-16-14-12-2)49-69(88)65(41-53(7)8)84-76(91)60-44-56(47-67(86)63(81)39-51(3)4)26-30-72(60)96-37-23-17-19-33-79/h25-32,43-46,51-54,63-66H,11-24,33-42,47-50,79-81H2,1-10H3,(H2,82,90)(H,83,93)(H,84,91)(H,85,92)/t63-,64+,65+,66-/m1/s1. The molecule has 0 bridgehead atoms. The van der Waals surface area contributed by atoms with Crippen LogP contribution in [-0.4, -0.2) is 110 Å². The number of carbonyl (C=O) groups is 8. The molecule has 0 aliphatic heterocycles. The lowest BCUT2D eigenvalue weighted by Gasteiger charge is -2.23. The summed E-state index contributed by atoms with van der Waals surface area (Å²) in [6.07, 6.45) is 13.3. The summed E-state index contributed by atoms with van der Waals surface area (Å²) in [7, 11) is 0. The van der Waals surface area contributed by atoms with Crippen LogP contribution in [0.4, 0.5) is 0 Å². The van der Waals surface area contributed by atoms with Crippen molar-refractivity contribution < 1.29 is 57.3 Å². The van der Waals surface area contributed by atoms with Gasteiger partial charge in [0, 0.05) is 25.7 Å². The second-order valence-electron chi connectivity index (χ2n) is 27.7. The van der Waals surface area contributed by atoms with Crippen molar-refractivity contribution in [1.29, 1.82) is 0 Å². The number of unbranched alkanes of at least 4 members (excludes halogenated alkanes) is 10. The van der Waals surface area contributed by atoms with Crippen molar-refractivity contribution in [3.8, 4) is 23.0 Å². The third-order valence-corrected chi connectivity index (χ3v) is 16.8. The number of hydrogen-bond donors (Lipinski definition) is 7. The first kappa shape index (κ1) is 81.9. The van der Waals surface area contributed by atoms with E-state index in [1.807, 2.05) is 55.4 Å². The van der Waals surface area contributed by atoms with Crippen molar-refractivity contribution in [1.82, 2.24) is 16.0 Å². The lowest BCUT2D eigenvalue weighted by atomic mass is 9.93. The van der Waals surface area contributed by atoms with Crippen LogP contribution < -0.4 is 57.8 Å². The van der Waals surface area contributed by atoms with Crippen LogP contribution in [0.5, 0.6) is 23.0 Å². The predicted octanol–water partition coefficient (Wildman–Crippen LogP) is 12.1. The molecule has 19 heteroatoms. The summed E-state index contributed by atoms with van der Waals surface area (Å²) < 4.78 is 24.6. The molecule has 0 spiro atoms. The SMILES string of the molecule is CCCCCCOc1ccc(CC(=O)[C@H](CC(C)C)NC(=O)c2cc(CC(=O)[C@@H](CC(C)C)NC(=O)c3cc(CC(=O)[C@H](CC(C)C)NC(=O)c4cc(CC(=O)[C@H](N)CC(C)C)ccc4OCCCCCN)ccc3OCCCCCC)ccc2OCCCCCN)cc1C(N)=O. The fourth-order valence-electron chi connectivity index (χ4n) is 11.5. The maximum Gasteiger partial charge on any atom is 0.255 e. The van der Waals surface area contributed by atoms with Gasteiger partial charge in [0.2, 0.25) is 0 Å². The zero-order chi connectivity index (χ0) is 71.4. The Kier molecular flexibility index (Phi) is 37.5. The van der Waals surface area contributed by atoms with Crippen molar-refractivity contribution in [2.24, 2.45) is 46.6 Å². The minimum atomic E-state index is -1.00. The largest absolute Gasteiger partial charge is 0.493 e. The van der Waals surface area contributed by atoms with E-state index in [1.54, 1.807) is 72.8 Å². The highest BCUT2D eigenvalue weighted by molar-refractivity contribution is 6.04. The summed E-state index contributed by atoms with van der Waals surface area (Å²) in [6, 6.07) is 16.4. The van der Waals surface area contributed by atoms with Crippen LogP contribution >= 0.6 is 0 Å². The number of nitrogens with two attached hydrogens (primary N) is 4. The summed E-state index contributed by atoms with van der Waals surface area (Å²) in [5, 5.41) is 9.02. The van der Waals surface area contributed by atoms with Gasteiger partial charge < -0.3 is 57.8 Å². The molecule has 0 aliphatic carbocycles. The Balaban J connectivity index is 1.66. The molecule has 4 aromatic carbocycles. The number of carbonyl (C=O) groups excluding carboxylic acids is 8. The smallest absolute Gasteiger partial charge is 0.255 e. The van der Waals surface area contributed by atoms with E-state index < -0.39 is 47.8 Å². The van der Waals surface area contributed by atoms with Gasteiger partial charge >= 0.3 is 0 Å². The highest BCUT2D eigenvalue weighted by Gasteiger charge is 2.30. The molecule has 0 radical (unpaired) electrons. The van der Waals surface area contributed by atoms with Crippen molar-refractivity contribution in [3.63, 3.8) is 0 Å². The van der Waals surface area contributed by atoms with Crippen LogP contribution in [0.15, 0.2) is 72.8 Å². The van der Waals surface area contributed by atoms with Crippen LogP contribution in [0.1, 0.15) is 248 Å². The Hall–Kier alpha value is -7.48. The molecule has 0 aromatic heterocycles. The van der Waals surface area contributed by atoms with E-state index in [2.05, 4.69) is 29.8 Å². The first-order chi connectivity index (χ1) is 46.4. The number of ether oxygens (including phenoxy) is 4. The van der Waals surface area contributed by atoms with E-state index in [9.17, 15) is 38.4 Å². The molecule has 4 aromatic rings. The third kappa shape index (κ3) is 30.0. The maximum atomic E-state index is 14.9. The normalized spacial score (nSPS) is 12.7. The van der Waals surface area contributed by atoms with Crippen LogP contribution in [-0.2, 0) is 44.9 Å². The Labute approximate surface area is 578 Å². The van der Waals surface area contributed by atoms with Gasteiger partial charge in [-0.2, -0.15) is 0 Å². The van der Waals surface area contributed by atoms with Crippen LogP contribution in [0.3, 0.4) is 0 Å². The average Bonchev–Trinajstić information content (AvgIpc) is 0.849. The molecule has 0 heterocycles. The molecular formula is C78H117N7O12. The van der Waals surface area contributed by atoms with Gasteiger partial charge in [-0.1, -0.05) is 132 Å². The molecule has 0 aliphatic rings. The molecule has 536 valence electrons. The van der Waals surface area contributed by atoms with Gasteiger partial charge in [0.1, 0.15) is 23.0 Å². The summed E-state index contributed by atoms with van der Waals surface area (Å²) >= 11 is 0. The molecule has 97 heavy (non-hydrogen) atoms. The number of Topliss-reactive ketones (excluding diaryl/α,β-unsaturated/α-hetero) is 4. The van der Waals surface area contributed by atoms with E-state index in [-0.39, 0.29) is 119 Å². The van der Waals surface area contributed by atoms with Gasteiger partial charge in [0.15, 0.2) is 23.1 Å². The zero-order valence-corrected chi connectivity index (χ0v) is 60.1. The highest BCUT2D eigenvalue weighted by Crippen LogP contribution is 2.29. The number of nitrogens with one attached hydrogen (secondary N) is 3. The first-order valence-electron chi connectivity index (χ1n) is 35.9. The number of hydrogen-bond acceptors (Lipinski definition) is 15. The molecule has 4 amide bonds. The Morgan fingerprint density at radius 1 is 0.361 bits per heavy atom. The number of ketones is 4. The van der Waals surface area contributed by atoms with Gasteiger partial charge in [-0.3, -0.25) is 38.4 Å². The fraction of sp³-hybridized carbons (Fsp3) is 0.590. The van der Waals surface area contributed by atoms with Gasteiger partial charge in [0.05, 0.1) is 72.8 Å². The molecule has 0 fully saturated rings. The zero-order valence-electron chi connectivity index (χ0n) is 60.1. The van der Waals surface area contributed by atoms with E-state index in [1.165, 1.54) is 0 Å². The summed E-state index contributed by atoms with van der Waals surface area (Å²) in [6.45, 7) is 22.4. The maximum absolute atomic E-state index is 14.9. The summed E-state index contributed by atoms with van der Waals surface area (Å²) in [5.41, 5.74) is 26.3. The lowest BCUT2D eigenvalue weighted by Crippen LogP contribution is -2.43. The van der Waals surface area contributed by atoms with E-state index in [0.29, 0.717) is 98.8 Å². The molecule has 19 nitrogen and oxygen atoms in total.